The van der Waals surface area contributed by atoms with Gasteiger partial charge in [0.05, 0.1) is 13.0 Å². The van der Waals surface area contributed by atoms with Crippen molar-refractivity contribution in [2.75, 3.05) is 20.2 Å². The lowest BCUT2D eigenvalue weighted by atomic mass is 9.99. The van der Waals surface area contributed by atoms with E-state index in [1.807, 2.05) is 0 Å². The lowest BCUT2D eigenvalue weighted by Crippen LogP contribution is -2.45. The number of hydrogen-bond acceptors (Lipinski definition) is 4. The average Bonchev–Trinajstić information content (AvgIpc) is 2.73. The Balaban J connectivity index is 1.71. The molecule has 1 aliphatic rings. The molecule has 6 nitrogen and oxygen atoms in total. The Bertz CT molecular complexity index is 1050. The van der Waals surface area contributed by atoms with Crippen molar-refractivity contribution in [1.29, 1.82) is 0 Å². The second-order valence-corrected chi connectivity index (χ2v) is 9.70. The zero-order valence-electron chi connectivity index (χ0n) is 16.2. The molecule has 30 heavy (non-hydrogen) atoms. The molecule has 1 saturated heterocycles. The molecule has 10 heteroatoms. The van der Waals surface area contributed by atoms with Crippen molar-refractivity contribution < 1.29 is 22.3 Å². The van der Waals surface area contributed by atoms with E-state index in [2.05, 4.69) is 5.32 Å². The standard InChI is InChI=1S/C20H21Cl2FN2O4S/c1-29-18-7-6-16(23)10-19(18)30(27,28)25-8-2-3-14(12-25)20(26)24-11-13-4-5-15(21)9-17(13)22/h4-7,9-10,14H,2-3,8,11-12H2,1H3,(H,24,26)/t14-/m0/s1. The Morgan fingerprint density at radius 1 is 1.27 bits per heavy atom. The molecule has 1 N–H and O–H groups in total. The summed E-state index contributed by atoms with van der Waals surface area (Å²) in [6.45, 7) is 0.451. The zero-order chi connectivity index (χ0) is 21.9. The van der Waals surface area contributed by atoms with E-state index in [0.29, 0.717) is 28.5 Å². The predicted octanol–water partition coefficient (Wildman–Crippen LogP) is 3.86. The number of rotatable bonds is 6. The van der Waals surface area contributed by atoms with Gasteiger partial charge in [-0.3, -0.25) is 4.79 Å². The number of nitrogens with one attached hydrogen (secondary N) is 1. The zero-order valence-corrected chi connectivity index (χ0v) is 18.5. The van der Waals surface area contributed by atoms with E-state index in [9.17, 15) is 17.6 Å². The van der Waals surface area contributed by atoms with Crippen molar-refractivity contribution in [3.8, 4) is 5.75 Å². The lowest BCUT2D eigenvalue weighted by Gasteiger charge is -2.31. The molecule has 1 aliphatic heterocycles. The largest absolute Gasteiger partial charge is 0.495 e. The van der Waals surface area contributed by atoms with Crippen molar-refractivity contribution >= 4 is 39.1 Å². The highest BCUT2D eigenvalue weighted by molar-refractivity contribution is 7.89. The van der Waals surface area contributed by atoms with Crippen LogP contribution in [-0.4, -0.2) is 38.8 Å². The van der Waals surface area contributed by atoms with Gasteiger partial charge < -0.3 is 10.1 Å². The van der Waals surface area contributed by atoms with Crippen LogP contribution >= 0.6 is 23.2 Å². The summed E-state index contributed by atoms with van der Waals surface area (Å²) in [5, 5.41) is 3.73. The van der Waals surface area contributed by atoms with Gasteiger partial charge in [-0.05, 0) is 48.7 Å². The van der Waals surface area contributed by atoms with E-state index in [1.165, 1.54) is 17.5 Å². The van der Waals surface area contributed by atoms with E-state index < -0.39 is 21.8 Å². The number of amides is 1. The van der Waals surface area contributed by atoms with Crippen LogP contribution in [0.5, 0.6) is 5.75 Å². The first kappa shape index (κ1) is 22.8. The first-order chi connectivity index (χ1) is 14.2. The quantitative estimate of drug-likeness (QED) is 0.689. The fraction of sp³-hybridized carbons (Fsp3) is 0.350. The van der Waals surface area contributed by atoms with Crippen LogP contribution in [0.15, 0.2) is 41.3 Å². The molecular weight excluding hydrogens is 454 g/mol. The summed E-state index contributed by atoms with van der Waals surface area (Å²) in [4.78, 5) is 12.4. The van der Waals surface area contributed by atoms with Gasteiger partial charge in [-0.25, -0.2) is 12.8 Å². The van der Waals surface area contributed by atoms with Crippen LogP contribution in [0.2, 0.25) is 10.0 Å². The lowest BCUT2D eigenvalue weighted by molar-refractivity contribution is -0.126. The number of hydrogen-bond donors (Lipinski definition) is 1. The Kier molecular flexibility index (Phi) is 7.23. The van der Waals surface area contributed by atoms with Gasteiger partial charge in [-0.15, -0.1) is 0 Å². The second kappa shape index (κ2) is 9.51. The molecule has 0 spiro atoms. The van der Waals surface area contributed by atoms with Gasteiger partial charge in [0.1, 0.15) is 16.5 Å². The van der Waals surface area contributed by atoms with Crippen molar-refractivity contribution in [3.05, 3.63) is 57.8 Å². The summed E-state index contributed by atoms with van der Waals surface area (Å²) in [5.74, 6) is -1.42. The van der Waals surface area contributed by atoms with Crippen LogP contribution in [0.4, 0.5) is 4.39 Å². The summed E-state index contributed by atoms with van der Waals surface area (Å²) >= 11 is 12.0. The minimum Gasteiger partial charge on any atom is -0.495 e. The molecule has 0 unspecified atom stereocenters. The van der Waals surface area contributed by atoms with E-state index in [1.54, 1.807) is 18.2 Å². The maximum Gasteiger partial charge on any atom is 0.246 e. The van der Waals surface area contributed by atoms with Crippen LogP contribution in [-0.2, 0) is 21.4 Å². The highest BCUT2D eigenvalue weighted by atomic mass is 35.5. The summed E-state index contributed by atoms with van der Waals surface area (Å²) in [7, 11) is -2.70. The summed E-state index contributed by atoms with van der Waals surface area (Å²) in [6, 6.07) is 8.32. The van der Waals surface area contributed by atoms with Crippen molar-refractivity contribution in [2.45, 2.75) is 24.3 Å². The van der Waals surface area contributed by atoms with E-state index in [4.69, 9.17) is 27.9 Å². The summed E-state index contributed by atoms with van der Waals surface area (Å²) < 4.78 is 46.1. The Labute approximate surface area is 185 Å². The van der Waals surface area contributed by atoms with Crippen LogP contribution in [0, 0.1) is 11.7 Å². The number of sulfonamides is 1. The molecule has 0 bridgehead atoms. The number of piperidine rings is 1. The van der Waals surface area contributed by atoms with Crippen LogP contribution in [0.3, 0.4) is 0 Å². The summed E-state index contributed by atoms with van der Waals surface area (Å²) in [6.07, 6.45) is 1.06. The van der Waals surface area contributed by atoms with Crippen LogP contribution in [0.25, 0.3) is 0 Å². The first-order valence-corrected chi connectivity index (χ1v) is 11.5. The third kappa shape index (κ3) is 5.06. The first-order valence-electron chi connectivity index (χ1n) is 9.27. The Morgan fingerprint density at radius 2 is 2.03 bits per heavy atom. The topological polar surface area (TPSA) is 75.7 Å². The fourth-order valence-corrected chi connectivity index (χ4v) is 5.52. The number of benzene rings is 2. The van der Waals surface area contributed by atoms with Gasteiger partial charge in [0.25, 0.3) is 0 Å². The van der Waals surface area contributed by atoms with Crippen LogP contribution < -0.4 is 10.1 Å². The van der Waals surface area contributed by atoms with Crippen LogP contribution in [0.1, 0.15) is 18.4 Å². The minimum atomic E-state index is -4.02. The molecule has 0 saturated carbocycles. The van der Waals surface area contributed by atoms with Gasteiger partial charge >= 0.3 is 0 Å². The molecule has 162 valence electrons. The SMILES string of the molecule is COc1ccc(F)cc1S(=O)(=O)N1CCC[C@H](C(=O)NCc2ccc(Cl)cc2Cl)C1. The highest BCUT2D eigenvalue weighted by Gasteiger charge is 2.35. The monoisotopic (exact) mass is 474 g/mol. The van der Waals surface area contributed by atoms with E-state index in [-0.39, 0.29) is 36.2 Å². The predicted molar refractivity (Wildman–Crippen MR) is 113 cm³/mol. The number of methoxy groups -OCH3 is 1. The molecule has 1 atom stereocenters. The number of ether oxygens (including phenoxy) is 1. The van der Waals surface area contributed by atoms with E-state index >= 15 is 0 Å². The third-order valence-electron chi connectivity index (χ3n) is 4.97. The fourth-order valence-electron chi connectivity index (χ4n) is 3.36. The van der Waals surface area contributed by atoms with Gasteiger partial charge in [0.2, 0.25) is 15.9 Å². The van der Waals surface area contributed by atoms with Crippen molar-refractivity contribution in [1.82, 2.24) is 9.62 Å². The number of carbonyl (C=O) groups is 1. The Hall–Kier alpha value is -1.87. The van der Waals surface area contributed by atoms with Gasteiger partial charge in [-0.2, -0.15) is 4.31 Å². The van der Waals surface area contributed by atoms with Gasteiger partial charge in [0.15, 0.2) is 0 Å². The molecule has 1 amide bonds. The molecule has 2 aromatic rings. The normalized spacial score (nSPS) is 17.5. The average molecular weight is 475 g/mol. The maximum atomic E-state index is 13.7. The van der Waals surface area contributed by atoms with Crippen molar-refractivity contribution in [2.24, 2.45) is 5.92 Å². The molecule has 1 heterocycles. The molecule has 1 fully saturated rings. The molecule has 2 aromatic carbocycles. The number of halogens is 3. The van der Waals surface area contributed by atoms with Gasteiger partial charge in [-0.1, -0.05) is 29.3 Å². The minimum absolute atomic E-state index is 0.00217. The summed E-state index contributed by atoms with van der Waals surface area (Å²) in [5.41, 5.74) is 0.708. The highest BCUT2D eigenvalue weighted by Crippen LogP contribution is 2.30. The second-order valence-electron chi connectivity index (χ2n) is 6.95. The molecular formula is C20H21Cl2FN2O4S. The van der Waals surface area contributed by atoms with Crippen molar-refractivity contribution in [3.63, 3.8) is 0 Å². The van der Waals surface area contributed by atoms with E-state index in [0.717, 1.165) is 12.1 Å². The molecule has 0 aromatic heterocycles. The number of carbonyl (C=O) groups excluding carboxylic acids is 1. The number of nitrogens with zero attached hydrogens (tertiary/aromatic N) is 1. The van der Waals surface area contributed by atoms with Gasteiger partial charge in [0, 0.05) is 29.7 Å². The maximum absolute atomic E-state index is 13.7. The third-order valence-corrected chi connectivity index (χ3v) is 7.44. The molecule has 0 radical (unpaired) electrons. The molecule has 0 aliphatic carbocycles. The smallest absolute Gasteiger partial charge is 0.246 e. The molecule has 3 rings (SSSR count). The Morgan fingerprint density at radius 3 is 2.73 bits per heavy atom.